The van der Waals surface area contributed by atoms with Crippen LogP contribution in [0.15, 0.2) is 16.8 Å². The Morgan fingerprint density at radius 2 is 2.22 bits per heavy atom. The van der Waals surface area contributed by atoms with Crippen LogP contribution >= 0.6 is 0 Å². The summed E-state index contributed by atoms with van der Waals surface area (Å²) in [5.74, 6) is 1.45. The van der Waals surface area contributed by atoms with Crippen LogP contribution in [0.3, 0.4) is 0 Å². The lowest BCUT2D eigenvalue weighted by atomic mass is 10.1. The molecule has 23 heavy (non-hydrogen) atoms. The van der Waals surface area contributed by atoms with Gasteiger partial charge in [0.25, 0.3) is 0 Å². The average Bonchev–Trinajstić information content (AvgIpc) is 2.87. The van der Waals surface area contributed by atoms with Gasteiger partial charge in [-0.15, -0.1) is 0 Å². The normalized spacial score (nSPS) is 18.2. The first-order valence-electron chi connectivity index (χ1n) is 7.65. The van der Waals surface area contributed by atoms with Crippen molar-refractivity contribution in [2.24, 2.45) is 0 Å². The molecule has 1 fully saturated rings. The first-order valence-corrected chi connectivity index (χ1v) is 7.65. The molecule has 3 rings (SSSR count). The molecule has 1 aliphatic heterocycles. The van der Waals surface area contributed by atoms with Crippen LogP contribution < -0.4 is 0 Å². The van der Waals surface area contributed by atoms with Gasteiger partial charge in [0.1, 0.15) is 17.7 Å². The smallest absolute Gasteiger partial charge is 0.227 e. The van der Waals surface area contributed by atoms with Crippen molar-refractivity contribution in [1.29, 1.82) is 0 Å². The number of nitrogens with zero attached hydrogens (tertiary/aromatic N) is 4. The molecular formula is C16H20N4O3. The molecule has 0 aromatic carbocycles. The zero-order valence-corrected chi connectivity index (χ0v) is 13.6. The molecule has 2 aromatic rings. The predicted molar refractivity (Wildman–Crippen MR) is 81.7 cm³/mol. The maximum atomic E-state index is 12.6. The molecule has 1 amide bonds. The molecule has 0 N–H and O–H groups in total. The van der Waals surface area contributed by atoms with Crippen molar-refractivity contribution in [3.63, 3.8) is 0 Å². The van der Waals surface area contributed by atoms with Gasteiger partial charge >= 0.3 is 0 Å². The number of aryl methyl sites for hydroxylation is 3. The van der Waals surface area contributed by atoms with Crippen LogP contribution in [0.1, 0.15) is 34.6 Å². The van der Waals surface area contributed by atoms with Gasteiger partial charge in [0, 0.05) is 18.3 Å². The Bertz CT molecular complexity index is 694. The zero-order chi connectivity index (χ0) is 16.4. The fourth-order valence-electron chi connectivity index (χ4n) is 2.73. The SMILES string of the molecule is Cc1nccc([C@@H]2CN(C(=O)Cc3c(C)noc3C)CCO2)n1. The van der Waals surface area contributed by atoms with E-state index in [1.807, 2.05) is 31.7 Å². The molecule has 0 saturated carbocycles. The van der Waals surface area contributed by atoms with E-state index in [9.17, 15) is 4.79 Å². The summed E-state index contributed by atoms with van der Waals surface area (Å²) in [5, 5.41) is 3.90. The molecule has 7 nitrogen and oxygen atoms in total. The summed E-state index contributed by atoms with van der Waals surface area (Å²) >= 11 is 0. The lowest BCUT2D eigenvalue weighted by Gasteiger charge is -2.32. The van der Waals surface area contributed by atoms with Crippen molar-refractivity contribution in [1.82, 2.24) is 20.0 Å². The molecule has 7 heteroatoms. The standard InChI is InChI=1S/C16H20N4O3/c1-10-13(11(2)23-19-10)8-16(21)20-6-7-22-15(9-20)14-4-5-17-12(3)18-14/h4-5,15H,6-9H2,1-3H3/t15-/m0/s1. The summed E-state index contributed by atoms with van der Waals surface area (Å²) in [6, 6.07) is 1.83. The summed E-state index contributed by atoms with van der Waals surface area (Å²) in [6.07, 6.45) is 1.81. The Kier molecular flexibility index (Phi) is 4.38. The van der Waals surface area contributed by atoms with E-state index in [1.165, 1.54) is 0 Å². The van der Waals surface area contributed by atoms with Gasteiger partial charge in [0.05, 0.1) is 31.0 Å². The molecule has 0 aliphatic carbocycles. The monoisotopic (exact) mass is 316 g/mol. The minimum atomic E-state index is -0.209. The lowest BCUT2D eigenvalue weighted by molar-refractivity contribution is -0.138. The van der Waals surface area contributed by atoms with E-state index < -0.39 is 0 Å². The van der Waals surface area contributed by atoms with Gasteiger partial charge < -0.3 is 14.2 Å². The topological polar surface area (TPSA) is 81.4 Å². The molecule has 1 saturated heterocycles. The Labute approximate surface area is 134 Å². The first kappa shape index (κ1) is 15.6. The predicted octanol–water partition coefficient (Wildman–Crippen LogP) is 1.53. The molecule has 0 radical (unpaired) electrons. The second kappa shape index (κ2) is 6.45. The van der Waals surface area contributed by atoms with Crippen LogP contribution in [0.2, 0.25) is 0 Å². The molecule has 1 atom stereocenters. The van der Waals surface area contributed by atoms with E-state index in [4.69, 9.17) is 9.26 Å². The number of aromatic nitrogens is 3. The fraction of sp³-hybridized carbons (Fsp3) is 0.500. The van der Waals surface area contributed by atoms with Crippen molar-refractivity contribution in [3.05, 3.63) is 40.8 Å². The van der Waals surface area contributed by atoms with Crippen LogP contribution in [-0.4, -0.2) is 45.6 Å². The van der Waals surface area contributed by atoms with Crippen molar-refractivity contribution < 1.29 is 14.1 Å². The molecule has 2 aromatic heterocycles. The van der Waals surface area contributed by atoms with E-state index in [1.54, 1.807) is 6.20 Å². The molecule has 1 aliphatic rings. The van der Waals surface area contributed by atoms with Crippen molar-refractivity contribution in [2.75, 3.05) is 19.7 Å². The third-order valence-electron chi connectivity index (χ3n) is 4.06. The molecule has 122 valence electrons. The largest absolute Gasteiger partial charge is 0.368 e. The maximum Gasteiger partial charge on any atom is 0.227 e. The van der Waals surface area contributed by atoms with Gasteiger partial charge in [-0.25, -0.2) is 9.97 Å². The number of hydrogen-bond acceptors (Lipinski definition) is 6. The average molecular weight is 316 g/mol. The number of hydrogen-bond donors (Lipinski definition) is 0. The maximum absolute atomic E-state index is 12.6. The highest BCUT2D eigenvalue weighted by Crippen LogP contribution is 2.22. The minimum absolute atomic E-state index is 0.0541. The highest BCUT2D eigenvalue weighted by atomic mass is 16.5. The summed E-state index contributed by atoms with van der Waals surface area (Å²) < 4.78 is 10.9. The second-order valence-corrected chi connectivity index (χ2v) is 5.71. The van der Waals surface area contributed by atoms with E-state index in [0.717, 1.165) is 17.0 Å². The Morgan fingerprint density at radius 3 is 2.91 bits per heavy atom. The Balaban J connectivity index is 1.70. The van der Waals surface area contributed by atoms with Gasteiger partial charge in [-0.1, -0.05) is 5.16 Å². The highest BCUT2D eigenvalue weighted by Gasteiger charge is 2.27. The number of carbonyl (C=O) groups excluding carboxylic acids is 1. The second-order valence-electron chi connectivity index (χ2n) is 5.71. The van der Waals surface area contributed by atoms with Crippen LogP contribution in [-0.2, 0) is 16.0 Å². The third kappa shape index (κ3) is 3.39. The summed E-state index contributed by atoms with van der Waals surface area (Å²) in [5.41, 5.74) is 2.45. The number of ether oxygens (including phenoxy) is 1. The minimum Gasteiger partial charge on any atom is -0.368 e. The van der Waals surface area contributed by atoms with E-state index in [0.29, 0.717) is 37.7 Å². The van der Waals surface area contributed by atoms with Crippen LogP contribution in [0.25, 0.3) is 0 Å². The van der Waals surface area contributed by atoms with Crippen molar-refractivity contribution >= 4 is 5.91 Å². The quantitative estimate of drug-likeness (QED) is 0.854. The van der Waals surface area contributed by atoms with Gasteiger partial charge in [-0.3, -0.25) is 4.79 Å². The van der Waals surface area contributed by atoms with Gasteiger partial charge in [-0.05, 0) is 26.8 Å². The molecule has 0 unspecified atom stereocenters. The van der Waals surface area contributed by atoms with Crippen LogP contribution in [0, 0.1) is 20.8 Å². The number of rotatable bonds is 3. The first-order chi connectivity index (χ1) is 11.0. The molecule has 3 heterocycles. The van der Waals surface area contributed by atoms with E-state index in [2.05, 4.69) is 15.1 Å². The zero-order valence-electron chi connectivity index (χ0n) is 13.6. The van der Waals surface area contributed by atoms with Crippen LogP contribution in [0.4, 0.5) is 0 Å². The van der Waals surface area contributed by atoms with Gasteiger partial charge in [0.15, 0.2) is 0 Å². The van der Waals surface area contributed by atoms with E-state index >= 15 is 0 Å². The summed E-state index contributed by atoms with van der Waals surface area (Å²) in [6.45, 7) is 7.11. The summed E-state index contributed by atoms with van der Waals surface area (Å²) in [4.78, 5) is 22.9. The van der Waals surface area contributed by atoms with Gasteiger partial charge in [0.2, 0.25) is 5.91 Å². The Morgan fingerprint density at radius 1 is 1.39 bits per heavy atom. The lowest BCUT2D eigenvalue weighted by Crippen LogP contribution is -2.43. The summed E-state index contributed by atoms with van der Waals surface area (Å²) in [7, 11) is 0. The molecule has 0 bridgehead atoms. The van der Waals surface area contributed by atoms with Crippen molar-refractivity contribution in [3.8, 4) is 0 Å². The third-order valence-corrected chi connectivity index (χ3v) is 4.06. The molecule has 0 spiro atoms. The van der Waals surface area contributed by atoms with Crippen LogP contribution in [0.5, 0.6) is 0 Å². The van der Waals surface area contributed by atoms with Crippen molar-refractivity contribution in [2.45, 2.75) is 33.3 Å². The highest BCUT2D eigenvalue weighted by molar-refractivity contribution is 5.79. The fourth-order valence-corrected chi connectivity index (χ4v) is 2.73. The van der Waals surface area contributed by atoms with E-state index in [-0.39, 0.29) is 12.0 Å². The Hall–Kier alpha value is -2.28. The number of carbonyl (C=O) groups is 1. The van der Waals surface area contributed by atoms with Gasteiger partial charge in [-0.2, -0.15) is 0 Å². The number of morpholine rings is 1. The number of amides is 1. The molecular weight excluding hydrogens is 296 g/mol.